The normalized spacial score (nSPS) is 10.5. The van der Waals surface area contributed by atoms with Crippen molar-refractivity contribution in [2.45, 2.75) is 4.90 Å². The predicted molar refractivity (Wildman–Crippen MR) is 58.9 cm³/mol. The van der Waals surface area contributed by atoms with Gasteiger partial charge in [0, 0.05) is 4.90 Å². The number of benzene rings is 2. The number of fused-ring (bicyclic) bond motifs is 1. The first kappa shape index (κ1) is 8.60. The van der Waals surface area contributed by atoms with Crippen LogP contribution in [0.1, 0.15) is 0 Å². The van der Waals surface area contributed by atoms with E-state index in [-0.39, 0.29) is 0 Å². The molecule has 0 unspecified atom stereocenters. The third kappa shape index (κ3) is 1.69. The van der Waals surface area contributed by atoms with E-state index < -0.39 is 0 Å². The molecule has 0 aromatic heterocycles. The molecule has 0 heterocycles. The molecule has 0 aliphatic rings. The Hall–Kier alpha value is -0.990. The van der Waals surface area contributed by atoms with Crippen molar-refractivity contribution < 1.29 is 0 Å². The van der Waals surface area contributed by atoms with E-state index in [1.54, 1.807) is 11.9 Å². The molecular formula is C11H11NS. The lowest BCUT2D eigenvalue weighted by molar-refractivity contribution is 1.29. The van der Waals surface area contributed by atoms with Crippen LogP contribution < -0.4 is 4.72 Å². The van der Waals surface area contributed by atoms with Crippen LogP contribution in [0.3, 0.4) is 0 Å². The minimum atomic E-state index is 1.28. The summed E-state index contributed by atoms with van der Waals surface area (Å²) in [5.41, 5.74) is 0. The first-order valence-corrected chi connectivity index (χ1v) is 5.05. The minimum Gasteiger partial charge on any atom is -0.263 e. The van der Waals surface area contributed by atoms with Crippen LogP contribution >= 0.6 is 11.9 Å². The monoisotopic (exact) mass is 189 g/mol. The van der Waals surface area contributed by atoms with E-state index in [0.717, 1.165) is 0 Å². The fourth-order valence-corrected chi connectivity index (χ4v) is 2.06. The zero-order chi connectivity index (χ0) is 9.10. The van der Waals surface area contributed by atoms with Crippen molar-refractivity contribution in [3.63, 3.8) is 0 Å². The third-order valence-electron chi connectivity index (χ3n) is 1.96. The van der Waals surface area contributed by atoms with Gasteiger partial charge in [-0.15, -0.1) is 0 Å². The van der Waals surface area contributed by atoms with Crippen molar-refractivity contribution in [1.29, 1.82) is 0 Å². The van der Waals surface area contributed by atoms with Gasteiger partial charge in [-0.3, -0.25) is 4.72 Å². The average Bonchev–Trinajstić information content (AvgIpc) is 2.19. The van der Waals surface area contributed by atoms with Crippen molar-refractivity contribution in [2.75, 3.05) is 7.05 Å². The van der Waals surface area contributed by atoms with Gasteiger partial charge in [0.05, 0.1) is 0 Å². The highest BCUT2D eigenvalue weighted by molar-refractivity contribution is 7.97. The van der Waals surface area contributed by atoms with E-state index in [4.69, 9.17) is 0 Å². The SMILES string of the molecule is CNSc1cccc2ccccc12. The Balaban J connectivity index is 2.61. The summed E-state index contributed by atoms with van der Waals surface area (Å²) in [6.07, 6.45) is 0. The number of rotatable bonds is 2. The summed E-state index contributed by atoms with van der Waals surface area (Å²) in [5.74, 6) is 0. The van der Waals surface area contributed by atoms with Gasteiger partial charge in [-0.2, -0.15) is 0 Å². The number of hydrogen-bond acceptors (Lipinski definition) is 2. The molecule has 0 radical (unpaired) electrons. The second-order valence-corrected chi connectivity index (χ2v) is 3.84. The molecule has 0 fully saturated rings. The van der Waals surface area contributed by atoms with Gasteiger partial charge in [-0.25, -0.2) is 0 Å². The topological polar surface area (TPSA) is 12.0 Å². The Labute approximate surface area is 82.3 Å². The van der Waals surface area contributed by atoms with Crippen LogP contribution in [0.5, 0.6) is 0 Å². The fraction of sp³-hybridized carbons (Fsp3) is 0.0909. The van der Waals surface area contributed by atoms with Crippen molar-refractivity contribution in [3.05, 3.63) is 42.5 Å². The van der Waals surface area contributed by atoms with E-state index in [1.807, 2.05) is 7.05 Å². The van der Waals surface area contributed by atoms with Crippen molar-refractivity contribution in [3.8, 4) is 0 Å². The molecule has 0 amide bonds. The van der Waals surface area contributed by atoms with Crippen LogP contribution in [0.2, 0.25) is 0 Å². The summed E-state index contributed by atoms with van der Waals surface area (Å²) in [5, 5.41) is 2.60. The van der Waals surface area contributed by atoms with Crippen molar-refractivity contribution >= 4 is 22.7 Å². The van der Waals surface area contributed by atoms with Crippen molar-refractivity contribution in [2.24, 2.45) is 0 Å². The second kappa shape index (κ2) is 3.81. The number of hydrogen-bond donors (Lipinski definition) is 1. The van der Waals surface area contributed by atoms with Crippen LogP contribution in [-0.2, 0) is 0 Å². The average molecular weight is 189 g/mol. The molecule has 66 valence electrons. The lowest BCUT2D eigenvalue weighted by Crippen LogP contribution is -1.90. The van der Waals surface area contributed by atoms with Gasteiger partial charge in [0.25, 0.3) is 0 Å². The lowest BCUT2D eigenvalue weighted by Gasteiger charge is -2.03. The zero-order valence-electron chi connectivity index (χ0n) is 7.45. The Bertz CT molecular complexity index is 406. The maximum absolute atomic E-state index is 3.09. The largest absolute Gasteiger partial charge is 0.263 e. The fourth-order valence-electron chi connectivity index (χ4n) is 1.39. The maximum Gasteiger partial charge on any atom is 0.0306 e. The molecule has 0 saturated carbocycles. The summed E-state index contributed by atoms with van der Waals surface area (Å²) < 4.78 is 3.09. The Kier molecular flexibility index (Phi) is 2.52. The molecule has 0 spiro atoms. The smallest absolute Gasteiger partial charge is 0.0306 e. The number of nitrogens with one attached hydrogen (secondary N) is 1. The van der Waals surface area contributed by atoms with Gasteiger partial charge in [0.1, 0.15) is 0 Å². The van der Waals surface area contributed by atoms with Gasteiger partial charge in [0.15, 0.2) is 0 Å². The molecule has 0 saturated heterocycles. The molecule has 1 nitrogen and oxygen atoms in total. The minimum absolute atomic E-state index is 1.28. The van der Waals surface area contributed by atoms with Crippen LogP contribution in [-0.4, -0.2) is 7.05 Å². The molecule has 2 rings (SSSR count). The van der Waals surface area contributed by atoms with E-state index in [0.29, 0.717) is 0 Å². The molecule has 2 aromatic carbocycles. The standard InChI is InChI=1S/C11H11NS/c1-12-13-11-8-4-6-9-5-2-3-7-10(9)11/h2-8,12H,1H3. The first-order chi connectivity index (χ1) is 6.42. The van der Waals surface area contributed by atoms with Crippen LogP contribution in [0, 0.1) is 0 Å². The highest BCUT2D eigenvalue weighted by Gasteiger charge is 1.98. The molecule has 2 aromatic rings. The zero-order valence-corrected chi connectivity index (χ0v) is 8.27. The van der Waals surface area contributed by atoms with E-state index in [1.165, 1.54) is 15.7 Å². The van der Waals surface area contributed by atoms with Crippen LogP contribution in [0.25, 0.3) is 10.8 Å². The van der Waals surface area contributed by atoms with E-state index in [9.17, 15) is 0 Å². The Morgan fingerprint density at radius 3 is 2.62 bits per heavy atom. The second-order valence-electron chi connectivity index (χ2n) is 2.78. The van der Waals surface area contributed by atoms with Crippen molar-refractivity contribution in [1.82, 2.24) is 4.72 Å². The van der Waals surface area contributed by atoms with E-state index >= 15 is 0 Å². The van der Waals surface area contributed by atoms with Crippen LogP contribution in [0.15, 0.2) is 47.4 Å². The molecular weight excluding hydrogens is 178 g/mol. The Morgan fingerprint density at radius 1 is 1.00 bits per heavy atom. The molecule has 2 heteroatoms. The lowest BCUT2D eigenvalue weighted by atomic mass is 10.1. The third-order valence-corrected chi connectivity index (χ3v) is 2.74. The molecule has 0 bridgehead atoms. The summed E-state index contributed by atoms with van der Waals surface area (Å²) >= 11 is 1.65. The summed E-state index contributed by atoms with van der Waals surface area (Å²) in [4.78, 5) is 1.28. The molecule has 0 atom stereocenters. The summed E-state index contributed by atoms with van der Waals surface area (Å²) in [7, 11) is 1.94. The van der Waals surface area contributed by atoms with Gasteiger partial charge >= 0.3 is 0 Å². The van der Waals surface area contributed by atoms with Gasteiger partial charge in [-0.1, -0.05) is 36.4 Å². The molecule has 13 heavy (non-hydrogen) atoms. The maximum atomic E-state index is 3.09. The van der Waals surface area contributed by atoms with Gasteiger partial charge in [0.2, 0.25) is 0 Å². The quantitative estimate of drug-likeness (QED) is 0.729. The molecule has 0 aliphatic heterocycles. The summed E-state index contributed by atoms with van der Waals surface area (Å²) in [6, 6.07) is 14.8. The van der Waals surface area contributed by atoms with Gasteiger partial charge < -0.3 is 0 Å². The highest BCUT2D eigenvalue weighted by Crippen LogP contribution is 2.25. The van der Waals surface area contributed by atoms with Crippen LogP contribution in [0.4, 0.5) is 0 Å². The Morgan fingerprint density at radius 2 is 1.77 bits per heavy atom. The predicted octanol–water partition coefficient (Wildman–Crippen LogP) is 3.07. The van der Waals surface area contributed by atoms with Gasteiger partial charge in [-0.05, 0) is 35.8 Å². The molecule has 0 aliphatic carbocycles. The van der Waals surface area contributed by atoms with E-state index in [2.05, 4.69) is 47.2 Å². The molecule has 1 N–H and O–H groups in total. The highest BCUT2D eigenvalue weighted by atomic mass is 32.2. The first-order valence-electron chi connectivity index (χ1n) is 4.23. The summed E-state index contributed by atoms with van der Waals surface area (Å²) in [6.45, 7) is 0.